The van der Waals surface area contributed by atoms with Crippen molar-refractivity contribution in [3.63, 3.8) is 0 Å². The smallest absolute Gasteiger partial charge is 0.261 e. The molecular weight excluding hydrogens is 325 g/mol. The van der Waals surface area contributed by atoms with E-state index in [9.17, 15) is 13.2 Å². The summed E-state index contributed by atoms with van der Waals surface area (Å²) < 4.78 is 27.6. The third kappa shape index (κ3) is 3.85. The van der Waals surface area contributed by atoms with Gasteiger partial charge in [-0.1, -0.05) is 11.6 Å². The first-order valence-electron chi connectivity index (χ1n) is 6.01. The van der Waals surface area contributed by atoms with Gasteiger partial charge in [0.1, 0.15) is 0 Å². The summed E-state index contributed by atoms with van der Waals surface area (Å²) in [4.78, 5) is 11.9. The van der Waals surface area contributed by atoms with Crippen molar-refractivity contribution in [2.75, 3.05) is 18.5 Å². The van der Waals surface area contributed by atoms with Crippen LogP contribution in [0, 0.1) is 5.92 Å². The standard InChI is InChI=1S/C12H13Cl2NO4S/c13-10-6-9(20(14,17)18)3-4-11(10)15-12(16)8-2-1-5-19-7-8/h3-4,6,8H,1-2,5,7H2,(H,15,16). The lowest BCUT2D eigenvalue weighted by molar-refractivity contribution is -0.123. The number of carbonyl (C=O) groups excluding carboxylic acids is 1. The molecule has 8 heteroatoms. The Labute approximate surface area is 126 Å². The molecule has 0 aliphatic carbocycles. The number of nitrogens with one attached hydrogen (secondary N) is 1. The molecule has 1 atom stereocenters. The van der Waals surface area contributed by atoms with Gasteiger partial charge in [0.05, 0.1) is 28.1 Å². The summed E-state index contributed by atoms with van der Waals surface area (Å²) in [5.74, 6) is -0.399. The minimum Gasteiger partial charge on any atom is -0.381 e. The number of hydrogen-bond donors (Lipinski definition) is 1. The quantitative estimate of drug-likeness (QED) is 0.860. The molecule has 1 aromatic rings. The van der Waals surface area contributed by atoms with E-state index in [0.29, 0.717) is 18.9 Å². The van der Waals surface area contributed by atoms with Gasteiger partial charge in [-0.3, -0.25) is 4.79 Å². The minimum atomic E-state index is -3.84. The zero-order chi connectivity index (χ0) is 14.8. The Hall–Kier alpha value is -0.820. The predicted molar refractivity (Wildman–Crippen MR) is 76.7 cm³/mol. The number of anilines is 1. The van der Waals surface area contributed by atoms with E-state index >= 15 is 0 Å². The van der Waals surface area contributed by atoms with Crippen molar-refractivity contribution in [1.82, 2.24) is 0 Å². The zero-order valence-corrected chi connectivity index (χ0v) is 12.8. The highest BCUT2D eigenvalue weighted by Gasteiger charge is 2.22. The normalized spacial score (nSPS) is 19.6. The molecule has 1 saturated heterocycles. The third-order valence-electron chi connectivity index (χ3n) is 3.01. The minimum absolute atomic E-state index is 0.108. The van der Waals surface area contributed by atoms with Crippen LogP contribution in [0.15, 0.2) is 23.1 Å². The maximum atomic E-state index is 12.0. The highest BCUT2D eigenvalue weighted by molar-refractivity contribution is 8.13. The summed E-state index contributed by atoms with van der Waals surface area (Å²) >= 11 is 5.95. The maximum Gasteiger partial charge on any atom is 0.261 e. The van der Waals surface area contributed by atoms with Gasteiger partial charge in [0, 0.05) is 17.3 Å². The van der Waals surface area contributed by atoms with Crippen molar-refractivity contribution < 1.29 is 17.9 Å². The molecular formula is C12H13Cl2NO4S. The molecule has 0 saturated carbocycles. The van der Waals surface area contributed by atoms with Crippen LogP contribution in [-0.2, 0) is 18.6 Å². The molecule has 1 unspecified atom stereocenters. The van der Waals surface area contributed by atoms with Gasteiger partial charge in [-0.15, -0.1) is 0 Å². The predicted octanol–water partition coefficient (Wildman–Crippen LogP) is 2.63. The number of ether oxygens (including phenoxy) is 1. The summed E-state index contributed by atoms with van der Waals surface area (Å²) in [5, 5.41) is 2.79. The maximum absolute atomic E-state index is 12.0. The fraction of sp³-hybridized carbons (Fsp3) is 0.417. The van der Waals surface area contributed by atoms with Gasteiger partial charge in [0.2, 0.25) is 5.91 Å². The second kappa shape index (κ2) is 6.30. The van der Waals surface area contributed by atoms with E-state index in [4.69, 9.17) is 27.0 Å². The van der Waals surface area contributed by atoms with Crippen molar-refractivity contribution in [3.8, 4) is 0 Å². The zero-order valence-electron chi connectivity index (χ0n) is 10.4. The van der Waals surface area contributed by atoms with Gasteiger partial charge in [-0.25, -0.2) is 8.42 Å². The lowest BCUT2D eigenvalue weighted by Gasteiger charge is -2.21. The Morgan fingerprint density at radius 2 is 2.15 bits per heavy atom. The summed E-state index contributed by atoms with van der Waals surface area (Å²) in [5.41, 5.74) is 0.353. The number of carbonyl (C=O) groups is 1. The first kappa shape index (κ1) is 15.6. The van der Waals surface area contributed by atoms with Crippen LogP contribution in [0.5, 0.6) is 0 Å². The summed E-state index contributed by atoms with van der Waals surface area (Å²) in [6.07, 6.45) is 1.60. The van der Waals surface area contributed by atoms with E-state index in [1.165, 1.54) is 18.2 Å². The van der Waals surface area contributed by atoms with Crippen molar-refractivity contribution >= 4 is 42.9 Å². The molecule has 1 fully saturated rings. The fourth-order valence-electron chi connectivity index (χ4n) is 1.93. The van der Waals surface area contributed by atoms with Crippen LogP contribution >= 0.6 is 22.3 Å². The van der Waals surface area contributed by atoms with Gasteiger partial charge in [-0.2, -0.15) is 0 Å². The van der Waals surface area contributed by atoms with Crippen molar-refractivity contribution in [2.24, 2.45) is 5.92 Å². The number of amides is 1. The Morgan fingerprint density at radius 3 is 2.70 bits per heavy atom. The topological polar surface area (TPSA) is 72.5 Å². The third-order valence-corrected chi connectivity index (χ3v) is 4.68. The van der Waals surface area contributed by atoms with Crippen LogP contribution in [0.25, 0.3) is 0 Å². The molecule has 110 valence electrons. The Balaban J connectivity index is 2.11. The summed E-state index contributed by atoms with van der Waals surface area (Å²) in [6.45, 7) is 1.06. The van der Waals surface area contributed by atoms with Crippen LogP contribution in [0.2, 0.25) is 5.02 Å². The molecule has 1 heterocycles. The first-order chi connectivity index (χ1) is 9.38. The van der Waals surface area contributed by atoms with E-state index in [-0.39, 0.29) is 21.7 Å². The highest BCUT2D eigenvalue weighted by Crippen LogP contribution is 2.27. The molecule has 0 aromatic heterocycles. The van der Waals surface area contributed by atoms with Crippen LogP contribution < -0.4 is 5.32 Å². The van der Waals surface area contributed by atoms with Crippen LogP contribution in [0.3, 0.4) is 0 Å². The van der Waals surface area contributed by atoms with E-state index < -0.39 is 9.05 Å². The average Bonchev–Trinajstić information content (AvgIpc) is 2.41. The van der Waals surface area contributed by atoms with Gasteiger partial charge in [0.15, 0.2) is 0 Å². The monoisotopic (exact) mass is 337 g/mol. The Morgan fingerprint density at radius 1 is 1.40 bits per heavy atom. The summed E-state index contributed by atoms with van der Waals surface area (Å²) in [6, 6.07) is 3.91. The molecule has 1 aliphatic heterocycles. The van der Waals surface area contributed by atoms with Crippen molar-refractivity contribution in [3.05, 3.63) is 23.2 Å². The molecule has 0 bridgehead atoms. The molecule has 0 radical (unpaired) electrons. The fourth-order valence-corrected chi connectivity index (χ4v) is 3.00. The largest absolute Gasteiger partial charge is 0.381 e. The van der Waals surface area contributed by atoms with E-state index in [1.807, 2.05) is 0 Å². The number of rotatable bonds is 3. The highest BCUT2D eigenvalue weighted by atomic mass is 35.7. The average molecular weight is 338 g/mol. The molecule has 20 heavy (non-hydrogen) atoms. The second-order valence-corrected chi connectivity index (χ2v) is 7.46. The lowest BCUT2D eigenvalue weighted by atomic mass is 10.0. The Bertz CT molecular complexity index is 612. The van der Waals surface area contributed by atoms with Crippen molar-refractivity contribution in [2.45, 2.75) is 17.7 Å². The molecule has 2 rings (SSSR count). The second-order valence-electron chi connectivity index (χ2n) is 4.48. The molecule has 0 spiro atoms. The van der Waals surface area contributed by atoms with Gasteiger partial charge in [0.25, 0.3) is 9.05 Å². The molecule has 1 N–H and O–H groups in total. The molecule has 1 aromatic carbocycles. The van der Waals surface area contributed by atoms with Crippen molar-refractivity contribution in [1.29, 1.82) is 0 Å². The van der Waals surface area contributed by atoms with E-state index in [0.717, 1.165) is 12.8 Å². The first-order valence-corrected chi connectivity index (χ1v) is 8.69. The number of benzene rings is 1. The molecule has 1 amide bonds. The van der Waals surface area contributed by atoms with Gasteiger partial charge >= 0.3 is 0 Å². The number of halogens is 2. The Kier molecular flexibility index (Phi) is 4.90. The van der Waals surface area contributed by atoms with Crippen LogP contribution in [0.4, 0.5) is 5.69 Å². The molecule has 1 aliphatic rings. The lowest BCUT2D eigenvalue weighted by Crippen LogP contribution is -2.30. The number of hydrogen-bond acceptors (Lipinski definition) is 4. The SMILES string of the molecule is O=C(Nc1ccc(S(=O)(=O)Cl)cc1Cl)C1CCCOC1. The van der Waals surface area contributed by atoms with Crippen LogP contribution in [0.1, 0.15) is 12.8 Å². The summed E-state index contributed by atoms with van der Waals surface area (Å²) in [7, 11) is 1.38. The van der Waals surface area contributed by atoms with E-state index in [2.05, 4.69) is 5.32 Å². The molecule has 5 nitrogen and oxygen atoms in total. The van der Waals surface area contributed by atoms with Crippen LogP contribution in [-0.4, -0.2) is 27.5 Å². The van der Waals surface area contributed by atoms with E-state index in [1.54, 1.807) is 0 Å². The van der Waals surface area contributed by atoms with Gasteiger partial charge < -0.3 is 10.1 Å². The van der Waals surface area contributed by atoms with Gasteiger partial charge in [-0.05, 0) is 31.0 Å².